The molecule has 1 amide bonds. The smallest absolute Gasteiger partial charge is 0.237 e. The highest BCUT2D eigenvalue weighted by atomic mass is 32.2. The first kappa shape index (κ1) is 25.6. The molecule has 0 aromatic rings. The van der Waals surface area contributed by atoms with Crippen molar-refractivity contribution in [2.45, 2.75) is 52.5 Å². The lowest BCUT2D eigenvalue weighted by Crippen LogP contribution is -2.47. The lowest BCUT2D eigenvalue weighted by atomic mass is 10.1. The van der Waals surface area contributed by atoms with Gasteiger partial charge in [0.25, 0.3) is 0 Å². The number of unbranched alkanes of at least 4 members (excludes halogenated alkanes) is 1. The van der Waals surface area contributed by atoms with Gasteiger partial charge in [-0.3, -0.25) is 14.5 Å². The van der Waals surface area contributed by atoms with Gasteiger partial charge in [-0.1, -0.05) is 13.8 Å². The standard InChI is InChI=1S/C16H33N3O2S.C2H6.H2/c1-14(20)13-15(19(4)11-6-7-12-22-5)16(21)17-9-8-10-18(2)3;1-2;/h15H,6-13H2,1-5H3,(H,17,21);1-2H3;1H. The number of ketones is 1. The van der Waals surface area contributed by atoms with Gasteiger partial charge in [-0.25, -0.2) is 0 Å². The number of likely N-dealkylation sites (N-methyl/N-ethyl adjacent to an activating group) is 1. The second-order valence-corrected chi connectivity index (χ2v) is 7.04. The molecule has 0 saturated heterocycles. The van der Waals surface area contributed by atoms with Gasteiger partial charge in [-0.05, 0) is 72.4 Å². The number of Topliss-reactive ketones (excluding diaryl/α,β-unsaturated/α-hetero) is 1. The average Bonchev–Trinajstić information content (AvgIpc) is 2.54. The number of carbonyl (C=O) groups excluding carboxylic acids is 2. The Labute approximate surface area is 155 Å². The largest absolute Gasteiger partial charge is 0.355 e. The maximum atomic E-state index is 12.3. The van der Waals surface area contributed by atoms with Crippen LogP contribution in [0.4, 0.5) is 0 Å². The fraction of sp³-hybridized carbons (Fsp3) is 0.889. The van der Waals surface area contributed by atoms with Crippen LogP contribution in [-0.2, 0) is 9.59 Å². The minimum absolute atomic E-state index is 0. The predicted molar refractivity (Wildman–Crippen MR) is 109 cm³/mol. The molecule has 0 fully saturated rings. The topological polar surface area (TPSA) is 52.7 Å². The molecule has 0 aromatic carbocycles. The number of rotatable bonds is 13. The highest BCUT2D eigenvalue weighted by Gasteiger charge is 2.24. The van der Waals surface area contributed by atoms with Crippen molar-refractivity contribution in [3.05, 3.63) is 0 Å². The summed E-state index contributed by atoms with van der Waals surface area (Å²) < 4.78 is 0. The van der Waals surface area contributed by atoms with E-state index in [9.17, 15) is 9.59 Å². The van der Waals surface area contributed by atoms with E-state index < -0.39 is 0 Å². The van der Waals surface area contributed by atoms with Crippen molar-refractivity contribution in [3.63, 3.8) is 0 Å². The van der Waals surface area contributed by atoms with Crippen LogP contribution in [-0.4, -0.2) is 80.3 Å². The van der Waals surface area contributed by atoms with Crippen LogP contribution in [0, 0.1) is 0 Å². The quantitative estimate of drug-likeness (QED) is 0.510. The third kappa shape index (κ3) is 15.0. The molecule has 0 spiro atoms. The van der Waals surface area contributed by atoms with E-state index in [0.29, 0.717) is 13.0 Å². The van der Waals surface area contributed by atoms with Crippen LogP contribution in [0.5, 0.6) is 0 Å². The summed E-state index contributed by atoms with van der Waals surface area (Å²) in [5.74, 6) is 1.17. The molecule has 1 unspecified atom stereocenters. The summed E-state index contributed by atoms with van der Waals surface area (Å²) in [6.07, 6.45) is 5.51. The molecule has 6 heteroatoms. The summed E-state index contributed by atoms with van der Waals surface area (Å²) in [7, 11) is 5.97. The van der Waals surface area contributed by atoms with Crippen LogP contribution in [0.2, 0.25) is 0 Å². The molecule has 0 rings (SSSR count). The molecule has 0 heterocycles. The number of nitrogens with zero attached hydrogens (tertiary/aromatic N) is 2. The third-order valence-electron chi connectivity index (χ3n) is 3.51. The van der Waals surface area contributed by atoms with Gasteiger partial charge in [0, 0.05) is 14.4 Å². The highest BCUT2D eigenvalue weighted by Crippen LogP contribution is 2.07. The van der Waals surface area contributed by atoms with Crippen LogP contribution in [0.25, 0.3) is 0 Å². The van der Waals surface area contributed by atoms with Crippen molar-refractivity contribution in [2.75, 3.05) is 52.8 Å². The fourth-order valence-electron chi connectivity index (χ4n) is 2.21. The number of thioether (sulfide) groups is 1. The minimum atomic E-state index is -0.342. The molecule has 24 heavy (non-hydrogen) atoms. The Morgan fingerprint density at radius 3 is 2.21 bits per heavy atom. The van der Waals surface area contributed by atoms with Crippen LogP contribution < -0.4 is 5.32 Å². The summed E-state index contributed by atoms with van der Waals surface area (Å²) >= 11 is 1.84. The lowest BCUT2D eigenvalue weighted by molar-refractivity contribution is -0.129. The van der Waals surface area contributed by atoms with Gasteiger partial charge in [0.05, 0.1) is 6.04 Å². The Balaban J connectivity index is -0.00000155. The molecule has 0 aliphatic carbocycles. The Morgan fingerprint density at radius 1 is 1.08 bits per heavy atom. The molecule has 0 aliphatic rings. The van der Waals surface area contributed by atoms with Gasteiger partial charge in [-0.2, -0.15) is 11.8 Å². The summed E-state index contributed by atoms with van der Waals surface area (Å²) in [6, 6.07) is -0.342. The van der Waals surface area contributed by atoms with Gasteiger partial charge in [0.2, 0.25) is 5.91 Å². The second-order valence-electron chi connectivity index (χ2n) is 6.05. The molecule has 0 radical (unpaired) electrons. The van der Waals surface area contributed by atoms with Crippen LogP contribution >= 0.6 is 11.8 Å². The number of amides is 1. The first-order valence-corrected chi connectivity index (χ1v) is 10.4. The first-order valence-electron chi connectivity index (χ1n) is 8.99. The number of nitrogens with one attached hydrogen (secondary N) is 1. The zero-order chi connectivity index (χ0) is 19.0. The summed E-state index contributed by atoms with van der Waals surface area (Å²) in [4.78, 5) is 27.9. The van der Waals surface area contributed by atoms with E-state index in [1.807, 2.05) is 51.7 Å². The number of hydrogen-bond donors (Lipinski definition) is 1. The summed E-state index contributed by atoms with van der Waals surface area (Å²) in [6.45, 7) is 8.01. The first-order chi connectivity index (χ1) is 11.4. The zero-order valence-electron chi connectivity index (χ0n) is 16.9. The monoisotopic (exact) mass is 363 g/mol. The van der Waals surface area contributed by atoms with Crippen LogP contribution in [0.15, 0.2) is 0 Å². The zero-order valence-corrected chi connectivity index (χ0v) is 17.7. The Hall–Kier alpha value is -0.590. The van der Waals surface area contributed by atoms with Crippen molar-refractivity contribution in [2.24, 2.45) is 0 Å². The number of carbonyl (C=O) groups is 2. The molecule has 0 saturated carbocycles. The van der Waals surface area contributed by atoms with Gasteiger partial charge in [0.1, 0.15) is 5.78 Å². The molecular formula is C18H41N3O2S. The lowest BCUT2D eigenvalue weighted by Gasteiger charge is -2.26. The van der Waals surface area contributed by atoms with Gasteiger partial charge in [0.15, 0.2) is 0 Å². The van der Waals surface area contributed by atoms with Crippen molar-refractivity contribution < 1.29 is 11.0 Å². The normalized spacial score (nSPS) is 11.9. The van der Waals surface area contributed by atoms with Gasteiger partial charge < -0.3 is 10.2 Å². The van der Waals surface area contributed by atoms with E-state index in [1.165, 1.54) is 0 Å². The van der Waals surface area contributed by atoms with E-state index in [2.05, 4.69) is 16.5 Å². The van der Waals surface area contributed by atoms with Crippen LogP contribution in [0.1, 0.15) is 47.9 Å². The Bertz CT molecular complexity index is 331. The average molecular weight is 364 g/mol. The molecular weight excluding hydrogens is 322 g/mol. The fourth-order valence-corrected chi connectivity index (χ4v) is 2.70. The van der Waals surface area contributed by atoms with Crippen molar-refractivity contribution in [3.8, 4) is 0 Å². The highest BCUT2D eigenvalue weighted by molar-refractivity contribution is 7.98. The van der Waals surface area contributed by atoms with Gasteiger partial charge >= 0.3 is 0 Å². The van der Waals surface area contributed by atoms with E-state index in [4.69, 9.17) is 0 Å². The SMILES string of the molecule is CC.CSCCCCN(C)C(CC(C)=O)C(=O)NCCCN(C)C.[HH]. The Morgan fingerprint density at radius 2 is 1.71 bits per heavy atom. The maximum Gasteiger partial charge on any atom is 0.237 e. The molecule has 0 aliphatic heterocycles. The van der Waals surface area contributed by atoms with Crippen molar-refractivity contribution in [1.82, 2.24) is 15.1 Å². The molecule has 146 valence electrons. The summed E-state index contributed by atoms with van der Waals surface area (Å²) in [5, 5.41) is 2.96. The molecule has 1 N–H and O–H groups in total. The van der Waals surface area contributed by atoms with E-state index in [0.717, 1.165) is 38.1 Å². The van der Waals surface area contributed by atoms with E-state index in [-0.39, 0.29) is 19.2 Å². The van der Waals surface area contributed by atoms with Crippen molar-refractivity contribution >= 4 is 23.5 Å². The van der Waals surface area contributed by atoms with Gasteiger partial charge in [-0.15, -0.1) is 0 Å². The second kappa shape index (κ2) is 17.2. The summed E-state index contributed by atoms with van der Waals surface area (Å²) in [5.41, 5.74) is 0. The molecule has 1 atom stereocenters. The molecule has 0 aromatic heterocycles. The van der Waals surface area contributed by atoms with Crippen molar-refractivity contribution in [1.29, 1.82) is 0 Å². The third-order valence-corrected chi connectivity index (χ3v) is 4.20. The number of hydrogen-bond acceptors (Lipinski definition) is 5. The maximum absolute atomic E-state index is 12.3. The molecule has 5 nitrogen and oxygen atoms in total. The molecule has 0 bridgehead atoms. The van der Waals surface area contributed by atoms with Crippen LogP contribution in [0.3, 0.4) is 0 Å². The predicted octanol–water partition coefficient (Wildman–Crippen LogP) is 2.75. The van der Waals surface area contributed by atoms with E-state index >= 15 is 0 Å². The minimum Gasteiger partial charge on any atom is -0.355 e. The Kier molecular flexibility index (Phi) is 18.4. The van der Waals surface area contributed by atoms with E-state index in [1.54, 1.807) is 6.92 Å².